The smallest absolute Gasteiger partial charge is 0.266 e. The quantitative estimate of drug-likeness (QED) is 0.469. The van der Waals surface area contributed by atoms with Gasteiger partial charge in [-0.3, -0.25) is 9.35 Å². The Morgan fingerprint density at radius 2 is 2.08 bits per heavy atom. The maximum absolute atomic E-state index is 10.6. The van der Waals surface area contributed by atoms with E-state index in [4.69, 9.17) is 9.66 Å². The van der Waals surface area contributed by atoms with Gasteiger partial charge in [-0.25, -0.2) is 0 Å². The molecule has 0 aliphatic heterocycles. The van der Waals surface area contributed by atoms with Crippen LogP contribution in [-0.4, -0.2) is 42.4 Å². The molecule has 0 rings (SSSR count). The molecule has 0 bridgehead atoms. The molecule has 1 unspecified atom stereocenters. The molecule has 0 radical (unpaired) electrons. The lowest BCUT2D eigenvalue weighted by Gasteiger charge is -2.04. The zero-order chi connectivity index (χ0) is 9.78. The van der Waals surface area contributed by atoms with E-state index in [1.165, 1.54) is 6.92 Å². The molecule has 0 aromatic rings. The molecule has 12 heavy (non-hydrogen) atoms. The molecule has 7 heteroatoms. The van der Waals surface area contributed by atoms with Crippen molar-refractivity contribution in [1.29, 1.82) is 0 Å². The molecule has 0 spiro atoms. The molecule has 0 aliphatic carbocycles. The molecule has 0 aromatic carbocycles. The molecule has 1 amide bonds. The molecule has 0 heterocycles. The molecule has 0 saturated carbocycles. The molecule has 1 atom stereocenters. The summed E-state index contributed by atoms with van der Waals surface area (Å²) in [6.45, 7) is 1.05. The van der Waals surface area contributed by atoms with Crippen LogP contribution in [-0.2, 0) is 14.9 Å². The summed E-state index contributed by atoms with van der Waals surface area (Å²) in [5.41, 5.74) is 0. The van der Waals surface area contributed by atoms with E-state index in [1.54, 1.807) is 0 Å². The van der Waals surface area contributed by atoms with Gasteiger partial charge >= 0.3 is 0 Å². The minimum atomic E-state index is -4.04. The first-order valence-corrected chi connectivity index (χ1v) is 4.85. The minimum Gasteiger partial charge on any atom is -0.384 e. The first-order valence-electron chi connectivity index (χ1n) is 3.24. The Hall–Kier alpha value is -0.660. The Morgan fingerprint density at radius 3 is 2.42 bits per heavy atom. The van der Waals surface area contributed by atoms with Gasteiger partial charge < -0.3 is 10.4 Å². The predicted molar refractivity (Wildman–Crippen MR) is 41.1 cm³/mol. The summed E-state index contributed by atoms with van der Waals surface area (Å²) in [7, 11) is -4.04. The van der Waals surface area contributed by atoms with E-state index in [2.05, 4.69) is 5.32 Å². The van der Waals surface area contributed by atoms with Gasteiger partial charge in [0.15, 0.2) is 0 Å². The SMILES string of the molecule is CC(O)C(=O)NCCS(=O)(=O)O. The number of nitrogens with one attached hydrogen (secondary N) is 1. The minimum absolute atomic E-state index is 0.206. The van der Waals surface area contributed by atoms with Crippen LogP contribution >= 0.6 is 0 Å². The number of aliphatic hydroxyl groups is 1. The normalized spacial score (nSPS) is 13.9. The maximum atomic E-state index is 10.6. The van der Waals surface area contributed by atoms with Gasteiger partial charge in [-0.15, -0.1) is 0 Å². The number of carbonyl (C=O) groups is 1. The third-order valence-electron chi connectivity index (χ3n) is 1.04. The first-order chi connectivity index (χ1) is 5.33. The lowest BCUT2D eigenvalue weighted by Crippen LogP contribution is -2.35. The van der Waals surface area contributed by atoms with E-state index in [-0.39, 0.29) is 6.54 Å². The summed E-state index contributed by atoms with van der Waals surface area (Å²) < 4.78 is 28.5. The van der Waals surface area contributed by atoms with Gasteiger partial charge in [0.1, 0.15) is 6.10 Å². The van der Waals surface area contributed by atoms with Crippen LogP contribution in [0, 0.1) is 0 Å². The summed E-state index contributed by atoms with van der Waals surface area (Å²) in [4.78, 5) is 10.6. The summed E-state index contributed by atoms with van der Waals surface area (Å²) in [6.07, 6.45) is -1.17. The second-order valence-corrected chi connectivity index (χ2v) is 3.83. The Balaban J connectivity index is 3.66. The fourth-order valence-electron chi connectivity index (χ4n) is 0.451. The molecule has 0 aliphatic rings. The largest absolute Gasteiger partial charge is 0.384 e. The zero-order valence-electron chi connectivity index (χ0n) is 6.52. The van der Waals surface area contributed by atoms with E-state index < -0.39 is 27.9 Å². The van der Waals surface area contributed by atoms with Crippen molar-refractivity contribution in [3.63, 3.8) is 0 Å². The summed E-state index contributed by atoms with van der Waals surface area (Å²) in [5.74, 6) is -1.22. The van der Waals surface area contributed by atoms with Gasteiger partial charge in [-0.05, 0) is 6.92 Å². The van der Waals surface area contributed by atoms with Crippen molar-refractivity contribution in [2.45, 2.75) is 13.0 Å². The highest BCUT2D eigenvalue weighted by molar-refractivity contribution is 7.85. The van der Waals surface area contributed by atoms with Gasteiger partial charge in [0.2, 0.25) is 5.91 Å². The van der Waals surface area contributed by atoms with Crippen molar-refractivity contribution in [3.8, 4) is 0 Å². The van der Waals surface area contributed by atoms with Gasteiger partial charge in [0.05, 0.1) is 5.75 Å². The Bertz CT molecular complexity index is 245. The standard InChI is InChI=1S/C5H11NO5S/c1-4(7)5(8)6-2-3-12(9,10)11/h4,7H,2-3H2,1H3,(H,6,8)(H,9,10,11). The topological polar surface area (TPSA) is 104 Å². The number of hydrogen-bond donors (Lipinski definition) is 3. The number of hydrogen-bond acceptors (Lipinski definition) is 4. The molecular formula is C5H11NO5S. The van der Waals surface area contributed by atoms with E-state index in [9.17, 15) is 13.2 Å². The van der Waals surface area contributed by atoms with Crippen LogP contribution in [0.2, 0.25) is 0 Å². The predicted octanol–water partition coefficient (Wildman–Crippen LogP) is -1.63. The van der Waals surface area contributed by atoms with Crippen LogP contribution in [0.5, 0.6) is 0 Å². The van der Waals surface area contributed by atoms with Gasteiger partial charge in [-0.1, -0.05) is 0 Å². The number of rotatable bonds is 4. The monoisotopic (exact) mass is 197 g/mol. The third kappa shape index (κ3) is 6.08. The third-order valence-corrected chi connectivity index (χ3v) is 1.76. The van der Waals surface area contributed by atoms with Crippen LogP contribution in [0.4, 0.5) is 0 Å². The van der Waals surface area contributed by atoms with E-state index in [0.29, 0.717) is 0 Å². The molecule has 0 aromatic heterocycles. The second-order valence-electron chi connectivity index (χ2n) is 2.25. The zero-order valence-corrected chi connectivity index (χ0v) is 7.34. The summed E-state index contributed by atoms with van der Waals surface area (Å²) in [6, 6.07) is 0. The molecule has 72 valence electrons. The van der Waals surface area contributed by atoms with Crippen LogP contribution < -0.4 is 5.32 Å². The number of amides is 1. The van der Waals surface area contributed by atoms with Crippen molar-refractivity contribution < 1.29 is 22.9 Å². The van der Waals surface area contributed by atoms with Gasteiger partial charge in [-0.2, -0.15) is 8.42 Å². The highest BCUT2D eigenvalue weighted by atomic mass is 32.2. The van der Waals surface area contributed by atoms with Crippen molar-refractivity contribution in [1.82, 2.24) is 5.32 Å². The second kappa shape index (κ2) is 4.39. The molecule has 0 saturated heterocycles. The molecular weight excluding hydrogens is 186 g/mol. The van der Waals surface area contributed by atoms with Crippen molar-refractivity contribution in [2.24, 2.45) is 0 Å². The van der Waals surface area contributed by atoms with E-state index >= 15 is 0 Å². The Kier molecular flexibility index (Phi) is 4.15. The highest BCUT2D eigenvalue weighted by Gasteiger charge is 2.09. The maximum Gasteiger partial charge on any atom is 0.266 e. The summed E-state index contributed by atoms with van der Waals surface area (Å²) in [5, 5.41) is 10.7. The molecule has 0 fully saturated rings. The van der Waals surface area contributed by atoms with Crippen LogP contribution in [0.25, 0.3) is 0 Å². The fraction of sp³-hybridized carbons (Fsp3) is 0.800. The van der Waals surface area contributed by atoms with E-state index in [0.717, 1.165) is 0 Å². The van der Waals surface area contributed by atoms with Crippen LogP contribution in [0.1, 0.15) is 6.92 Å². The lowest BCUT2D eigenvalue weighted by atomic mass is 10.4. The van der Waals surface area contributed by atoms with Crippen molar-refractivity contribution in [3.05, 3.63) is 0 Å². The van der Waals surface area contributed by atoms with Gasteiger partial charge in [0, 0.05) is 6.54 Å². The summed E-state index contributed by atoms with van der Waals surface area (Å²) >= 11 is 0. The Morgan fingerprint density at radius 1 is 1.58 bits per heavy atom. The molecule has 6 nitrogen and oxygen atoms in total. The highest BCUT2D eigenvalue weighted by Crippen LogP contribution is 1.81. The van der Waals surface area contributed by atoms with Crippen LogP contribution in [0.15, 0.2) is 0 Å². The lowest BCUT2D eigenvalue weighted by molar-refractivity contribution is -0.128. The van der Waals surface area contributed by atoms with Crippen molar-refractivity contribution in [2.75, 3.05) is 12.3 Å². The van der Waals surface area contributed by atoms with E-state index in [1.807, 2.05) is 0 Å². The Labute approximate surface area is 70.3 Å². The van der Waals surface area contributed by atoms with Crippen LogP contribution in [0.3, 0.4) is 0 Å². The van der Waals surface area contributed by atoms with Crippen molar-refractivity contribution >= 4 is 16.0 Å². The average molecular weight is 197 g/mol. The number of aliphatic hydroxyl groups excluding tert-OH is 1. The first kappa shape index (κ1) is 11.3. The molecule has 3 N–H and O–H groups in total. The average Bonchev–Trinajstić information content (AvgIpc) is 1.84. The van der Waals surface area contributed by atoms with Gasteiger partial charge in [0.25, 0.3) is 10.1 Å². The fourth-order valence-corrected chi connectivity index (χ4v) is 0.811. The number of carbonyl (C=O) groups excluding carboxylic acids is 1.